The summed E-state index contributed by atoms with van der Waals surface area (Å²) in [7, 11) is 2.97. The third kappa shape index (κ3) is 4.52. The number of carbonyl (C=O) groups is 1. The van der Waals surface area contributed by atoms with Crippen LogP contribution in [0.5, 0.6) is 5.75 Å². The topological polar surface area (TPSA) is 85.4 Å². The van der Waals surface area contributed by atoms with E-state index in [1.54, 1.807) is 43.6 Å². The van der Waals surface area contributed by atoms with Crippen LogP contribution in [-0.2, 0) is 4.74 Å². The summed E-state index contributed by atoms with van der Waals surface area (Å²) in [4.78, 5) is 20.2. The van der Waals surface area contributed by atoms with E-state index in [0.29, 0.717) is 23.1 Å². The molecule has 0 saturated carbocycles. The van der Waals surface area contributed by atoms with Gasteiger partial charge in [0.1, 0.15) is 11.6 Å². The summed E-state index contributed by atoms with van der Waals surface area (Å²) < 4.78 is 10.1. The highest BCUT2D eigenvalue weighted by atomic mass is 16.5. The molecule has 0 aliphatic rings. The molecular weight excluding hydrogens is 344 g/mol. The Morgan fingerprint density at radius 1 is 1.00 bits per heavy atom. The van der Waals surface area contributed by atoms with Gasteiger partial charge in [-0.1, -0.05) is 6.07 Å². The summed E-state index contributed by atoms with van der Waals surface area (Å²) in [6, 6.07) is 14.5. The van der Waals surface area contributed by atoms with Gasteiger partial charge in [0.2, 0.25) is 5.95 Å². The highest BCUT2D eigenvalue weighted by Crippen LogP contribution is 2.27. The van der Waals surface area contributed by atoms with Crippen LogP contribution < -0.4 is 15.4 Å². The minimum absolute atomic E-state index is 0.373. The average Bonchev–Trinajstić information content (AvgIpc) is 2.68. The zero-order chi connectivity index (χ0) is 19.2. The molecule has 0 bridgehead atoms. The molecular formula is C20H20N4O3. The van der Waals surface area contributed by atoms with Gasteiger partial charge in [-0.05, 0) is 55.0 Å². The van der Waals surface area contributed by atoms with E-state index in [1.165, 1.54) is 7.11 Å². The van der Waals surface area contributed by atoms with Gasteiger partial charge in [-0.3, -0.25) is 0 Å². The Kier molecular flexibility index (Phi) is 5.51. The maximum atomic E-state index is 11.5. The minimum Gasteiger partial charge on any atom is -0.495 e. The van der Waals surface area contributed by atoms with Crippen molar-refractivity contribution in [3.63, 3.8) is 0 Å². The lowest BCUT2D eigenvalue weighted by Crippen LogP contribution is -2.03. The molecule has 0 saturated heterocycles. The molecule has 0 atom stereocenters. The second-order valence-corrected chi connectivity index (χ2v) is 5.79. The Morgan fingerprint density at radius 2 is 1.78 bits per heavy atom. The van der Waals surface area contributed by atoms with Gasteiger partial charge >= 0.3 is 5.97 Å². The average molecular weight is 364 g/mol. The summed E-state index contributed by atoms with van der Waals surface area (Å²) in [6.07, 6.45) is 1.66. The van der Waals surface area contributed by atoms with Crippen molar-refractivity contribution >= 4 is 29.1 Å². The molecule has 7 heteroatoms. The van der Waals surface area contributed by atoms with Crippen molar-refractivity contribution in [2.24, 2.45) is 0 Å². The Balaban J connectivity index is 1.76. The standard InChI is InChI=1S/C20H20N4O3/c1-13-4-9-17(26-2)16(12-13)23-20-21-11-10-18(24-20)22-15-7-5-14(6-8-15)19(25)27-3/h4-12H,1-3H3,(H2,21,22,23,24). The number of ether oxygens (including phenoxy) is 2. The Bertz CT molecular complexity index is 942. The van der Waals surface area contributed by atoms with Crippen molar-refractivity contribution in [1.29, 1.82) is 0 Å². The quantitative estimate of drug-likeness (QED) is 0.638. The number of methoxy groups -OCH3 is 2. The Hall–Kier alpha value is -3.61. The van der Waals surface area contributed by atoms with Crippen molar-refractivity contribution in [3.05, 3.63) is 65.9 Å². The van der Waals surface area contributed by atoms with Crippen molar-refractivity contribution < 1.29 is 14.3 Å². The third-order valence-corrected chi connectivity index (χ3v) is 3.84. The molecule has 0 amide bonds. The fourth-order valence-electron chi connectivity index (χ4n) is 2.48. The Labute approximate surface area is 157 Å². The van der Waals surface area contributed by atoms with Crippen molar-refractivity contribution in [1.82, 2.24) is 9.97 Å². The van der Waals surface area contributed by atoms with E-state index in [2.05, 4.69) is 20.6 Å². The fourth-order valence-corrected chi connectivity index (χ4v) is 2.48. The van der Waals surface area contributed by atoms with Crippen LogP contribution in [0.25, 0.3) is 0 Å². The summed E-state index contributed by atoms with van der Waals surface area (Å²) in [6.45, 7) is 2.00. The maximum Gasteiger partial charge on any atom is 0.337 e. The molecule has 0 unspecified atom stereocenters. The van der Waals surface area contributed by atoms with Gasteiger partial charge in [-0.2, -0.15) is 4.98 Å². The maximum absolute atomic E-state index is 11.5. The van der Waals surface area contributed by atoms with Gasteiger partial charge in [-0.25, -0.2) is 9.78 Å². The zero-order valence-corrected chi connectivity index (χ0v) is 15.3. The van der Waals surface area contributed by atoms with Gasteiger partial charge in [0.25, 0.3) is 0 Å². The minimum atomic E-state index is -0.373. The van der Waals surface area contributed by atoms with Gasteiger partial charge in [0, 0.05) is 11.9 Å². The number of rotatable bonds is 6. The number of carbonyl (C=O) groups excluding carboxylic acids is 1. The number of nitrogens with one attached hydrogen (secondary N) is 2. The molecule has 1 aromatic heterocycles. The zero-order valence-electron chi connectivity index (χ0n) is 15.3. The summed E-state index contributed by atoms with van der Waals surface area (Å²) in [5.41, 5.74) is 3.16. The number of hydrogen-bond acceptors (Lipinski definition) is 7. The van der Waals surface area contributed by atoms with Crippen molar-refractivity contribution in [3.8, 4) is 5.75 Å². The van der Waals surface area contributed by atoms with Crippen LogP contribution in [0.3, 0.4) is 0 Å². The van der Waals surface area contributed by atoms with Crippen LogP contribution in [0.4, 0.5) is 23.1 Å². The molecule has 0 radical (unpaired) electrons. The first-order chi connectivity index (χ1) is 13.1. The van der Waals surface area contributed by atoms with E-state index < -0.39 is 0 Å². The molecule has 27 heavy (non-hydrogen) atoms. The second kappa shape index (κ2) is 8.18. The van der Waals surface area contributed by atoms with Crippen LogP contribution in [0.1, 0.15) is 15.9 Å². The van der Waals surface area contributed by atoms with Crippen molar-refractivity contribution in [2.45, 2.75) is 6.92 Å². The molecule has 0 fully saturated rings. The molecule has 0 aliphatic heterocycles. The molecule has 3 aromatic rings. The lowest BCUT2D eigenvalue weighted by atomic mass is 10.2. The van der Waals surface area contributed by atoms with E-state index in [0.717, 1.165) is 16.9 Å². The van der Waals surface area contributed by atoms with E-state index in [4.69, 9.17) is 9.47 Å². The van der Waals surface area contributed by atoms with Gasteiger partial charge < -0.3 is 20.1 Å². The predicted molar refractivity (Wildman–Crippen MR) is 104 cm³/mol. The van der Waals surface area contributed by atoms with Crippen LogP contribution >= 0.6 is 0 Å². The smallest absolute Gasteiger partial charge is 0.337 e. The highest BCUT2D eigenvalue weighted by molar-refractivity contribution is 5.89. The number of esters is 1. The monoisotopic (exact) mass is 364 g/mol. The van der Waals surface area contributed by atoms with E-state index >= 15 is 0 Å². The van der Waals surface area contributed by atoms with Gasteiger partial charge in [0.05, 0.1) is 25.5 Å². The number of aromatic nitrogens is 2. The number of nitrogens with zero attached hydrogens (tertiary/aromatic N) is 2. The van der Waals surface area contributed by atoms with Crippen molar-refractivity contribution in [2.75, 3.05) is 24.9 Å². The van der Waals surface area contributed by atoms with E-state index in [-0.39, 0.29) is 5.97 Å². The third-order valence-electron chi connectivity index (χ3n) is 3.84. The first-order valence-corrected chi connectivity index (χ1v) is 8.29. The molecule has 3 rings (SSSR count). The molecule has 1 heterocycles. The first kappa shape index (κ1) is 18.2. The predicted octanol–water partition coefficient (Wildman–Crippen LogP) is 4.07. The number of hydrogen-bond donors (Lipinski definition) is 2. The molecule has 138 valence electrons. The normalized spacial score (nSPS) is 10.2. The van der Waals surface area contributed by atoms with Crippen LogP contribution in [0.2, 0.25) is 0 Å². The van der Waals surface area contributed by atoms with Gasteiger partial charge in [-0.15, -0.1) is 0 Å². The fraction of sp³-hybridized carbons (Fsp3) is 0.150. The molecule has 7 nitrogen and oxygen atoms in total. The van der Waals surface area contributed by atoms with Crippen LogP contribution in [0, 0.1) is 6.92 Å². The number of anilines is 4. The lowest BCUT2D eigenvalue weighted by molar-refractivity contribution is 0.0601. The van der Waals surface area contributed by atoms with Gasteiger partial charge in [0.15, 0.2) is 0 Å². The number of benzene rings is 2. The number of aryl methyl sites for hydroxylation is 1. The summed E-state index contributed by atoms with van der Waals surface area (Å²) >= 11 is 0. The first-order valence-electron chi connectivity index (χ1n) is 8.29. The molecule has 2 N–H and O–H groups in total. The van der Waals surface area contributed by atoms with Crippen LogP contribution in [-0.4, -0.2) is 30.2 Å². The lowest BCUT2D eigenvalue weighted by Gasteiger charge is -2.12. The molecule has 2 aromatic carbocycles. The SMILES string of the molecule is COC(=O)c1ccc(Nc2ccnc(Nc3cc(C)ccc3OC)n2)cc1. The second-order valence-electron chi connectivity index (χ2n) is 5.79. The summed E-state index contributed by atoms with van der Waals surface area (Å²) in [5, 5.41) is 6.35. The Morgan fingerprint density at radius 3 is 2.48 bits per heavy atom. The highest BCUT2D eigenvalue weighted by Gasteiger charge is 2.07. The summed E-state index contributed by atoms with van der Waals surface area (Å²) in [5.74, 6) is 1.39. The largest absolute Gasteiger partial charge is 0.495 e. The van der Waals surface area contributed by atoms with Crippen LogP contribution in [0.15, 0.2) is 54.7 Å². The van der Waals surface area contributed by atoms with E-state index in [9.17, 15) is 4.79 Å². The molecule has 0 spiro atoms. The van der Waals surface area contributed by atoms with E-state index in [1.807, 2.05) is 25.1 Å². The molecule has 0 aliphatic carbocycles.